The summed E-state index contributed by atoms with van der Waals surface area (Å²) < 4.78 is 1.89. The molecule has 2 aliphatic heterocycles. The number of hydrogen-bond donors (Lipinski definition) is 0. The number of rotatable bonds is 3. The third-order valence-corrected chi connectivity index (χ3v) is 5.81. The molecule has 2 aliphatic rings. The number of nitrogens with zero attached hydrogens (tertiary/aromatic N) is 7. The minimum atomic E-state index is -0.0202. The molecule has 1 amide bonds. The Labute approximate surface area is 168 Å². The molecular formula is C21H23N7O. The van der Waals surface area contributed by atoms with E-state index in [1.54, 1.807) is 17.5 Å². The normalized spacial score (nSPS) is 20.0. The molecule has 0 aliphatic carbocycles. The molecule has 4 heterocycles. The predicted molar refractivity (Wildman–Crippen MR) is 110 cm³/mol. The zero-order valence-corrected chi connectivity index (χ0v) is 16.3. The number of aromatic nitrogens is 4. The van der Waals surface area contributed by atoms with Crippen LogP contribution in [0.1, 0.15) is 30.9 Å². The summed E-state index contributed by atoms with van der Waals surface area (Å²) in [5.74, 6) is 0.803. The Morgan fingerprint density at radius 3 is 2.69 bits per heavy atom. The molecule has 0 bridgehead atoms. The number of hydrazone groups is 1. The zero-order valence-electron chi connectivity index (χ0n) is 16.3. The Balaban J connectivity index is 1.26. The highest BCUT2D eigenvalue weighted by Gasteiger charge is 2.35. The maximum Gasteiger partial charge on any atom is 0.246 e. The molecule has 0 unspecified atom stereocenters. The summed E-state index contributed by atoms with van der Waals surface area (Å²) in [6.07, 6.45) is 7.68. The summed E-state index contributed by atoms with van der Waals surface area (Å²) in [4.78, 5) is 28.7. The molecular weight excluding hydrogens is 366 g/mol. The summed E-state index contributed by atoms with van der Waals surface area (Å²) in [7, 11) is 1.93. The van der Waals surface area contributed by atoms with Gasteiger partial charge in [0.05, 0.1) is 18.6 Å². The van der Waals surface area contributed by atoms with Crippen molar-refractivity contribution in [3.63, 3.8) is 0 Å². The summed E-state index contributed by atoms with van der Waals surface area (Å²) >= 11 is 0. The van der Waals surface area contributed by atoms with Gasteiger partial charge < -0.3 is 9.47 Å². The summed E-state index contributed by atoms with van der Waals surface area (Å²) in [6.45, 7) is 1.51. The number of piperidine rings is 1. The Morgan fingerprint density at radius 1 is 1.10 bits per heavy atom. The van der Waals surface area contributed by atoms with Crippen LogP contribution in [0.2, 0.25) is 0 Å². The first-order chi connectivity index (χ1) is 14.2. The number of aryl methyl sites for hydroxylation is 1. The van der Waals surface area contributed by atoms with Crippen molar-refractivity contribution in [2.45, 2.75) is 25.3 Å². The number of hydrogen-bond acceptors (Lipinski definition) is 6. The lowest BCUT2D eigenvalue weighted by Gasteiger charge is -2.33. The zero-order chi connectivity index (χ0) is 19.8. The molecule has 1 aromatic carbocycles. The smallest absolute Gasteiger partial charge is 0.246 e. The summed E-state index contributed by atoms with van der Waals surface area (Å²) in [6, 6.07) is 10.1. The molecule has 1 atom stereocenters. The van der Waals surface area contributed by atoms with Crippen molar-refractivity contribution in [3.05, 3.63) is 48.4 Å². The van der Waals surface area contributed by atoms with Gasteiger partial charge in [-0.3, -0.25) is 4.79 Å². The lowest BCUT2D eigenvalue weighted by molar-refractivity contribution is -0.138. The van der Waals surface area contributed by atoms with Crippen molar-refractivity contribution in [3.8, 4) is 0 Å². The molecule has 8 heteroatoms. The van der Waals surface area contributed by atoms with Crippen molar-refractivity contribution in [2.75, 3.05) is 18.0 Å². The molecule has 8 nitrogen and oxygen atoms in total. The number of benzene rings is 1. The summed E-state index contributed by atoms with van der Waals surface area (Å²) in [5, 5.41) is 6.08. The molecule has 2 aromatic heterocycles. The van der Waals surface area contributed by atoms with Gasteiger partial charge >= 0.3 is 0 Å². The first-order valence-corrected chi connectivity index (χ1v) is 10.00. The molecule has 5 rings (SSSR count). The third kappa shape index (κ3) is 3.24. The first-order valence-electron chi connectivity index (χ1n) is 10.00. The van der Waals surface area contributed by atoms with E-state index in [0.29, 0.717) is 5.95 Å². The van der Waals surface area contributed by atoms with Gasteiger partial charge in [-0.2, -0.15) is 10.1 Å². The number of fused-ring (bicyclic) bond motifs is 1. The monoisotopic (exact) mass is 389 g/mol. The van der Waals surface area contributed by atoms with Gasteiger partial charge in [-0.05, 0) is 18.4 Å². The van der Waals surface area contributed by atoms with Crippen LogP contribution >= 0.6 is 0 Å². The van der Waals surface area contributed by atoms with Crippen LogP contribution in [-0.2, 0) is 11.8 Å². The third-order valence-electron chi connectivity index (χ3n) is 5.81. The van der Waals surface area contributed by atoms with E-state index in [9.17, 15) is 4.79 Å². The van der Waals surface area contributed by atoms with Crippen LogP contribution in [0.4, 0.5) is 5.95 Å². The van der Waals surface area contributed by atoms with E-state index in [2.05, 4.69) is 37.1 Å². The first kappa shape index (κ1) is 17.8. The van der Waals surface area contributed by atoms with E-state index < -0.39 is 0 Å². The molecule has 1 fully saturated rings. The van der Waals surface area contributed by atoms with Crippen molar-refractivity contribution < 1.29 is 4.79 Å². The second-order valence-corrected chi connectivity index (χ2v) is 7.64. The van der Waals surface area contributed by atoms with Gasteiger partial charge in [0.25, 0.3) is 0 Å². The molecule has 3 aromatic rings. The number of imidazole rings is 1. The highest BCUT2D eigenvalue weighted by atomic mass is 16.2. The topological polar surface area (TPSA) is 79.5 Å². The van der Waals surface area contributed by atoms with Gasteiger partial charge in [-0.1, -0.05) is 30.3 Å². The second-order valence-electron chi connectivity index (χ2n) is 7.64. The average Bonchev–Trinajstić information content (AvgIpc) is 3.41. The fraction of sp³-hybridized carbons (Fsp3) is 0.381. The molecule has 1 saturated heterocycles. The quantitative estimate of drug-likeness (QED) is 0.688. The van der Waals surface area contributed by atoms with Crippen molar-refractivity contribution in [2.24, 2.45) is 18.1 Å². The molecule has 0 N–H and O–H groups in total. The predicted octanol–water partition coefficient (Wildman–Crippen LogP) is 2.54. The van der Waals surface area contributed by atoms with E-state index in [1.807, 2.05) is 36.0 Å². The number of carbonyl (C=O) groups excluding carboxylic acids is 1. The van der Waals surface area contributed by atoms with Crippen LogP contribution in [-0.4, -0.2) is 49.7 Å². The molecule has 148 valence electrons. The lowest BCUT2D eigenvalue weighted by atomic mass is 9.94. The van der Waals surface area contributed by atoms with Gasteiger partial charge in [-0.25, -0.2) is 15.0 Å². The lowest BCUT2D eigenvalue weighted by Crippen LogP contribution is -2.41. The number of amides is 1. The minimum Gasteiger partial charge on any atom is -0.341 e. The van der Waals surface area contributed by atoms with Crippen LogP contribution in [0.5, 0.6) is 0 Å². The van der Waals surface area contributed by atoms with Gasteiger partial charge in [0.2, 0.25) is 11.9 Å². The van der Waals surface area contributed by atoms with Crippen LogP contribution in [0, 0.1) is 5.92 Å². The van der Waals surface area contributed by atoms with Crippen molar-refractivity contribution in [1.82, 2.24) is 24.5 Å². The van der Waals surface area contributed by atoms with Crippen LogP contribution in [0.3, 0.4) is 0 Å². The van der Waals surface area contributed by atoms with Crippen LogP contribution in [0.25, 0.3) is 11.2 Å². The highest BCUT2D eigenvalue weighted by Crippen LogP contribution is 2.32. The average molecular weight is 389 g/mol. The van der Waals surface area contributed by atoms with E-state index >= 15 is 0 Å². The van der Waals surface area contributed by atoms with Gasteiger partial charge in [0, 0.05) is 38.7 Å². The van der Waals surface area contributed by atoms with E-state index in [1.165, 1.54) is 0 Å². The van der Waals surface area contributed by atoms with Crippen LogP contribution < -0.4 is 4.90 Å². The Bertz CT molecular complexity index is 1050. The summed E-state index contributed by atoms with van der Waals surface area (Å²) in [5.41, 5.74) is 2.75. The largest absolute Gasteiger partial charge is 0.341 e. The fourth-order valence-electron chi connectivity index (χ4n) is 4.16. The Kier molecular flexibility index (Phi) is 4.46. The van der Waals surface area contributed by atoms with Gasteiger partial charge in [0.1, 0.15) is 5.52 Å². The minimum absolute atomic E-state index is 0.0114. The fourth-order valence-corrected chi connectivity index (χ4v) is 4.16. The molecule has 29 heavy (non-hydrogen) atoms. The molecule has 0 saturated carbocycles. The molecule has 0 radical (unpaired) electrons. The maximum atomic E-state index is 13.2. The van der Waals surface area contributed by atoms with Crippen LogP contribution in [0.15, 0.2) is 48.0 Å². The van der Waals surface area contributed by atoms with Crippen molar-refractivity contribution >= 4 is 29.2 Å². The molecule has 0 spiro atoms. The van der Waals surface area contributed by atoms with E-state index in [0.717, 1.165) is 49.1 Å². The Morgan fingerprint density at radius 2 is 1.90 bits per heavy atom. The van der Waals surface area contributed by atoms with Gasteiger partial charge in [-0.15, -0.1) is 0 Å². The van der Waals surface area contributed by atoms with Gasteiger partial charge in [0.15, 0.2) is 5.65 Å². The van der Waals surface area contributed by atoms with E-state index in [-0.39, 0.29) is 17.9 Å². The number of anilines is 1. The van der Waals surface area contributed by atoms with E-state index in [4.69, 9.17) is 0 Å². The highest BCUT2D eigenvalue weighted by molar-refractivity contribution is 5.82. The van der Waals surface area contributed by atoms with Crippen molar-refractivity contribution in [1.29, 1.82) is 0 Å². The maximum absolute atomic E-state index is 13.2. The SMILES string of the molecule is Cn1cnc2cnc(N3CCC(C(=O)N4N=CC[C@H]4c4ccccc4)CC3)nc21. The number of carbonyl (C=O) groups is 1. The second kappa shape index (κ2) is 7.27. The standard InChI is InChI=1S/C21H23N7O/c1-26-14-23-17-13-22-21(25-19(17)26)27-11-8-16(9-12-27)20(29)28-18(7-10-24-28)15-5-3-2-4-6-15/h2-6,10,13-14,16,18H,7-9,11-12H2,1H3/t18-/m0/s1. The Hall–Kier alpha value is -3.29.